The van der Waals surface area contributed by atoms with Gasteiger partial charge in [-0.1, -0.05) is 48.0 Å². The van der Waals surface area contributed by atoms with Crippen LogP contribution in [0.3, 0.4) is 0 Å². The van der Waals surface area contributed by atoms with Gasteiger partial charge in [-0.15, -0.1) is 0 Å². The third kappa shape index (κ3) is 9.68. The van der Waals surface area contributed by atoms with Crippen molar-refractivity contribution >= 4 is 43.8 Å². The second-order valence-corrected chi connectivity index (χ2v) is 13.7. The lowest BCUT2D eigenvalue weighted by Gasteiger charge is -2.21. The Hall–Kier alpha value is -4.63. The molecule has 236 valence electrons. The zero-order valence-corrected chi connectivity index (χ0v) is 26.3. The molecule has 12 nitrogen and oxygen atoms in total. The van der Waals surface area contributed by atoms with E-state index < -0.39 is 32.5 Å². The van der Waals surface area contributed by atoms with E-state index in [4.69, 9.17) is 4.42 Å². The Morgan fingerprint density at radius 1 is 0.867 bits per heavy atom. The summed E-state index contributed by atoms with van der Waals surface area (Å²) < 4.78 is 61.1. The Balaban J connectivity index is 1.38. The first-order chi connectivity index (χ1) is 21.4. The fraction of sp³-hybridized carbons (Fsp3) is 0.194. The fourth-order valence-corrected chi connectivity index (χ4v) is 6.52. The van der Waals surface area contributed by atoms with Crippen LogP contribution in [0.5, 0.6) is 0 Å². The monoisotopic (exact) mass is 651 g/mol. The molecule has 1 heterocycles. The summed E-state index contributed by atoms with van der Waals surface area (Å²) in [4.78, 5) is 24.2. The molecule has 0 saturated heterocycles. The number of hydrogen-bond donors (Lipinski definition) is 3. The molecule has 0 aliphatic heterocycles. The van der Waals surface area contributed by atoms with E-state index in [-0.39, 0.29) is 34.5 Å². The maximum Gasteiger partial charge on any atom is 0.255 e. The lowest BCUT2D eigenvalue weighted by Crippen LogP contribution is -2.40. The predicted octanol–water partition coefficient (Wildman–Crippen LogP) is 3.41. The van der Waals surface area contributed by atoms with Crippen LogP contribution in [0.1, 0.15) is 29.6 Å². The summed E-state index contributed by atoms with van der Waals surface area (Å²) in [6.07, 6.45) is 1.59. The van der Waals surface area contributed by atoms with Gasteiger partial charge in [-0.05, 0) is 67.4 Å². The van der Waals surface area contributed by atoms with Gasteiger partial charge in [-0.25, -0.2) is 27.0 Å². The van der Waals surface area contributed by atoms with Crippen LogP contribution in [0.4, 0.5) is 5.69 Å². The average molecular weight is 652 g/mol. The maximum absolute atomic E-state index is 13.5. The highest BCUT2D eigenvalue weighted by molar-refractivity contribution is 7.89. The lowest BCUT2D eigenvalue weighted by molar-refractivity contribution is -0.121. The minimum atomic E-state index is -4.09. The number of hydrogen-bond acceptors (Lipinski definition) is 8. The summed E-state index contributed by atoms with van der Waals surface area (Å²) >= 11 is 0. The van der Waals surface area contributed by atoms with Gasteiger partial charge >= 0.3 is 0 Å². The second kappa shape index (κ2) is 14.9. The minimum Gasteiger partial charge on any atom is -0.459 e. The van der Waals surface area contributed by atoms with E-state index in [0.29, 0.717) is 17.9 Å². The van der Waals surface area contributed by atoms with E-state index in [9.17, 15) is 26.4 Å². The molecule has 1 aromatic heterocycles. The van der Waals surface area contributed by atoms with Crippen molar-refractivity contribution < 1.29 is 30.8 Å². The van der Waals surface area contributed by atoms with Gasteiger partial charge in [0.1, 0.15) is 11.5 Å². The van der Waals surface area contributed by atoms with E-state index in [2.05, 4.69) is 20.6 Å². The van der Waals surface area contributed by atoms with Gasteiger partial charge in [-0.2, -0.15) is 9.41 Å². The van der Waals surface area contributed by atoms with Crippen LogP contribution in [0.2, 0.25) is 0 Å². The highest BCUT2D eigenvalue weighted by Crippen LogP contribution is 2.19. The molecule has 4 aromatic rings. The Kier molecular flexibility index (Phi) is 11.0. The standard InChI is InChI=1S/C31H33N5O7S2/c1-23-8-14-29(15-9-23)44(39,40)33-21-28-13-12-27(43-28)20-32-35-31(38)22-36(19-18-25-6-4-3-5-7-25)45(41,42)30-16-10-26(11-17-30)34-24(2)37/h3-17,20,33H,18-19,21-22H2,1-2H3,(H,34,37)(H,35,38)/b32-20-. The number of furan rings is 1. The van der Waals surface area contributed by atoms with Gasteiger partial charge in [0, 0.05) is 19.2 Å². The quantitative estimate of drug-likeness (QED) is 0.139. The zero-order valence-electron chi connectivity index (χ0n) is 24.6. The molecule has 0 unspecified atom stereocenters. The number of carbonyl (C=O) groups is 2. The van der Waals surface area contributed by atoms with Crippen LogP contribution in [0.25, 0.3) is 0 Å². The normalized spacial score (nSPS) is 12.0. The third-order valence-electron chi connectivity index (χ3n) is 6.46. The SMILES string of the molecule is CC(=O)Nc1ccc(S(=O)(=O)N(CCc2ccccc2)CC(=O)N/N=C\c2ccc(CNS(=O)(=O)c3ccc(C)cc3)o2)cc1. The first-order valence-corrected chi connectivity index (χ1v) is 16.7. The largest absolute Gasteiger partial charge is 0.459 e. The molecular weight excluding hydrogens is 619 g/mol. The summed E-state index contributed by atoms with van der Waals surface area (Å²) in [5.41, 5.74) is 4.58. The summed E-state index contributed by atoms with van der Waals surface area (Å²) in [7, 11) is -7.83. The minimum absolute atomic E-state index is 0.0248. The van der Waals surface area contributed by atoms with Crippen molar-refractivity contribution in [3.8, 4) is 0 Å². The number of carbonyl (C=O) groups excluding carboxylic acids is 2. The van der Waals surface area contributed by atoms with Gasteiger partial charge in [0.2, 0.25) is 26.0 Å². The van der Waals surface area contributed by atoms with Gasteiger partial charge < -0.3 is 9.73 Å². The van der Waals surface area contributed by atoms with Crippen molar-refractivity contribution in [2.24, 2.45) is 5.10 Å². The molecule has 0 atom stereocenters. The predicted molar refractivity (Wildman–Crippen MR) is 169 cm³/mol. The average Bonchev–Trinajstić information content (AvgIpc) is 3.46. The van der Waals surface area contributed by atoms with E-state index >= 15 is 0 Å². The number of benzene rings is 3. The number of nitrogens with one attached hydrogen (secondary N) is 3. The molecule has 0 saturated carbocycles. The van der Waals surface area contributed by atoms with Crippen LogP contribution in [0, 0.1) is 6.92 Å². The number of sulfonamides is 2. The summed E-state index contributed by atoms with van der Waals surface area (Å²) in [6.45, 7) is 2.62. The number of hydrazone groups is 1. The van der Waals surface area contributed by atoms with Crippen LogP contribution >= 0.6 is 0 Å². The molecule has 0 aliphatic rings. The molecule has 4 rings (SSSR count). The summed E-state index contributed by atoms with van der Waals surface area (Å²) in [6, 6.07) is 24.5. The number of amides is 2. The van der Waals surface area contributed by atoms with Gasteiger partial charge in [-0.3, -0.25) is 9.59 Å². The molecule has 0 spiro atoms. The van der Waals surface area contributed by atoms with Crippen molar-refractivity contribution in [2.45, 2.75) is 36.6 Å². The highest BCUT2D eigenvalue weighted by atomic mass is 32.2. The Morgan fingerprint density at radius 3 is 2.20 bits per heavy atom. The summed E-state index contributed by atoms with van der Waals surface area (Å²) in [5.74, 6) is -0.412. The van der Waals surface area contributed by atoms with Gasteiger partial charge in [0.15, 0.2) is 0 Å². The third-order valence-corrected chi connectivity index (χ3v) is 9.73. The van der Waals surface area contributed by atoms with Crippen molar-refractivity contribution in [1.29, 1.82) is 0 Å². The molecule has 0 aliphatic carbocycles. The second-order valence-electron chi connectivity index (χ2n) is 10.0. The topological polar surface area (TPSA) is 167 Å². The Bertz CT molecular complexity index is 1860. The molecule has 45 heavy (non-hydrogen) atoms. The van der Waals surface area contributed by atoms with Crippen LogP contribution in [0.15, 0.2) is 110 Å². The Morgan fingerprint density at radius 2 is 1.53 bits per heavy atom. The first-order valence-electron chi connectivity index (χ1n) is 13.8. The summed E-state index contributed by atoms with van der Waals surface area (Å²) in [5, 5.41) is 6.45. The van der Waals surface area contributed by atoms with E-state index in [1.54, 1.807) is 24.3 Å². The molecular formula is C31H33N5O7S2. The van der Waals surface area contributed by atoms with Crippen molar-refractivity contribution in [3.05, 3.63) is 114 Å². The Labute approximate surface area is 262 Å². The van der Waals surface area contributed by atoms with Crippen LogP contribution in [-0.2, 0) is 42.6 Å². The lowest BCUT2D eigenvalue weighted by atomic mass is 10.1. The molecule has 14 heteroatoms. The van der Waals surface area contributed by atoms with E-state index in [1.165, 1.54) is 49.5 Å². The van der Waals surface area contributed by atoms with Crippen LogP contribution < -0.4 is 15.5 Å². The molecule has 3 aromatic carbocycles. The molecule has 3 N–H and O–H groups in total. The molecule has 0 fully saturated rings. The maximum atomic E-state index is 13.5. The number of aryl methyl sites for hydroxylation is 1. The number of nitrogens with zero attached hydrogens (tertiary/aromatic N) is 2. The van der Waals surface area contributed by atoms with E-state index in [1.807, 2.05) is 37.3 Å². The molecule has 2 amide bonds. The molecule has 0 bridgehead atoms. The zero-order chi connectivity index (χ0) is 32.5. The number of rotatable bonds is 14. The number of anilines is 1. The van der Waals surface area contributed by atoms with Crippen molar-refractivity contribution in [3.63, 3.8) is 0 Å². The highest BCUT2D eigenvalue weighted by Gasteiger charge is 2.26. The van der Waals surface area contributed by atoms with Crippen LogP contribution in [-0.4, -0.2) is 52.3 Å². The van der Waals surface area contributed by atoms with Crippen molar-refractivity contribution in [1.82, 2.24) is 14.5 Å². The van der Waals surface area contributed by atoms with Gasteiger partial charge in [0.25, 0.3) is 5.91 Å². The van der Waals surface area contributed by atoms with E-state index in [0.717, 1.165) is 15.4 Å². The van der Waals surface area contributed by atoms with Gasteiger partial charge in [0.05, 0.1) is 29.1 Å². The molecule has 0 radical (unpaired) electrons. The first kappa shape index (κ1) is 33.3. The smallest absolute Gasteiger partial charge is 0.255 e. The fourth-order valence-electron chi connectivity index (χ4n) is 4.13. The van der Waals surface area contributed by atoms with Crippen molar-refractivity contribution in [2.75, 3.05) is 18.4 Å².